The predicted molar refractivity (Wildman–Crippen MR) is 124 cm³/mol. The van der Waals surface area contributed by atoms with Crippen molar-refractivity contribution in [1.29, 1.82) is 0 Å². The van der Waals surface area contributed by atoms with Crippen molar-refractivity contribution in [3.8, 4) is 17.1 Å². The van der Waals surface area contributed by atoms with Gasteiger partial charge in [-0.05, 0) is 18.2 Å². The van der Waals surface area contributed by atoms with Crippen molar-refractivity contribution < 1.29 is 14.3 Å². The number of hydrogen-bond acceptors (Lipinski definition) is 7. The van der Waals surface area contributed by atoms with E-state index in [1.807, 2.05) is 43.3 Å². The molecule has 1 aromatic carbocycles. The Labute approximate surface area is 191 Å². The van der Waals surface area contributed by atoms with Crippen LogP contribution in [0, 0.1) is 0 Å². The van der Waals surface area contributed by atoms with Gasteiger partial charge in [0, 0.05) is 45.5 Å². The number of pyridine rings is 1. The molecule has 0 bridgehead atoms. The Balaban J connectivity index is 1.68. The Morgan fingerprint density at radius 3 is 2.78 bits per heavy atom. The molecule has 1 amide bonds. The maximum Gasteiger partial charge on any atom is 0.248 e. The van der Waals surface area contributed by atoms with E-state index in [1.54, 1.807) is 17.3 Å². The van der Waals surface area contributed by atoms with Gasteiger partial charge >= 0.3 is 0 Å². The second-order valence-corrected chi connectivity index (χ2v) is 8.10. The molecule has 166 valence electrons. The lowest BCUT2D eigenvalue weighted by Gasteiger charge is -2.32. The van der Waals surface area contributed by atoms with Crippen LogP contribution < -0.4 is 9.64 Å². The first kappa shape index (κ1) is 22.0. The van der Waals surface area contributed by atoms with Crippen LogP contribution in [0.5, 0.6) is 5.88 Å². The van der Waals surface area contributed by atoms with Crippen molar-refractivity contribution in [2.75, 3.05) is 38.7 Å². The maximum atomic E-state index is 11.8. The standard InChI is InChI=1S/C23H24ClN5O3/c1-14(21-13-29(15(2)30)9-10-31-21)32-23-22-19(25-7-8-26-22)12-18(27-23)16-5-6-20(28(3)4)17(24)11-16/h5-8,11-12,21H,1,9-10,13H2,2-4H3. The Kier molecular flexibility index (Phi) is 6.25. The van der Waals surface area contributed by atoms with Gasteiger partial charge in [-0.2, -0.15) is 0 Å². The highest BCUT2D eigenvalue weighted by Gasteiger charge is 2.26. The van der Waals surface area contributed by atoms with E-state index in [0.29, 0.717) is 47.2 Å². The number of morpholine rings is 1. The summed E-state index contributed by atoms with van der Waals surface area (Å²) in [7, 11) is 3.87. The molecule has 0 N–H and O–H groups in total. The van der Waals surface area contributed by atoms with Crippen molar-refractivity contribution in [2.45, 2.75) is 13.0 Å². The summed E-state index contributed by atoms with van der Waals surface area (Å²) in [4.78, 5) is 28.9. The number of hydrogen-bond donors (Lipinski definition) is 0. The summed E-state index contributed by atoms with van der Waals surface area (Å²) in [6.07, 6.45) is 2.73. The van der Waals surface area contributed by atoms with E-state index in [4.69, 9.17) is 21.1 Å². The molecule has 1 unspecified atom stereocenters. The number of anilines is 1. The summed E-state index contributed by atoms with van der Waals surface area (Å²) in [5.41, 5.74) is 3.50. The third-order valence-electron chi connectivity index (χ3n) is 5.25. The van der Waals surface area contributed by atoms with Crippen LogP contribution in [0.4, 0.5) is 5.69 Å². The van der Waals surface area contributed by atoms with E-state index < -0.39 is 6.10 Å². The molecule has 8 nitrogen and oxygen atoms in total. The number of rotatable bonds is 5. The number of halogens is 1. The Bertz CT molecular complexity index is 1180. The van der Waals surface area contributed by atoms with Crippen LogP contribution in [-0.2, 0) is 9.53 Å². The Morgan fingerprint density at radius 2 is 2.06 bits per heavy atom. The third-order valence-corrected chi connectivity index (χ3v) is 5.55. The molecular formula is C23H24ClN5O3. The van der Waals surface area contributed by atoms with Crippen LogP contribution in [0.1, 0.15) is 6.92 Å². The van der Waals surface area contributed by atoms with Crippen LogP contribution in [0.2, 0.25) is 5.02 Å². The minimum Gasteiger partial charge on any atom is -0.439 e. The van der Waals surface area contributed by atoms with Crippen molar-refractivity contribution in [3.05, 3.63) is 54.0 Å². The van der Waals surface area contributed by atoms with Crippen molar-refractivity contribution in [2.24, 2.45) is 0 Å². The highest BCUT2D eigenvalue weighted by Crippen LogP contribution is 2.33. The van der Waals surface area contributed by atoms with Crippen LogP contribution in [0.25, 0.3) is 22.3 Å². The molecule has 1 atom stereocenters. The molecule has 4 rings (SSSR count). The van der Waals surface area contributed by atoms with Crippen LogP contribution >= 0.6 is 11.6 Å². The van der Waals surface area contributed by atoms with E-state index in [0.717, 1.165) is 11.3 Å². The van der Waals surface area contributed by atoms with Crippen LogP contribution in [-0.4, -0.2) is 65.7 Å². The average molecular weight is 454 g/mol. The molecule has 1 saturated heterocycles. The number of fused-ring (bicyclic) bond motifs is 1. The Morgan fingerprint density at radius 1 is 1.28 bits per heavy atom. The summed E-state index contributed by atoms with van der Waals surface area (Å²) in [5.74, 6) is 0.612. The van der Waals surface area contributed by atoms with Gasteiger partial charge in [0.1, 0.15) is 11.9 Å². The lowest BCUT2D eigenvalue weighted by molar-refractivity contribution is -0.135. The highest BCUT2D eigenvalue weighted by molar-refractivity contribution is 6.33. The van der Waals surface area contributed by atoms with Gasteiger partial charge < -0.3 is 19.3 Å². The molecule has 0 spiro atoms. The van der Waals surface area contributed by atoms with E-state index >= 15 is 0 Å². The molecule has 3 heterocycles. The number of benzene rings is 1. The molecule has 1 aliphatic heterocycles. The minimum atomic E-state index is -0.460. The van der Waals surface area contributed by atoms with Gasteiger partial charge in [-0.15, -0.1) is 0 Å². The fraction of sp³-hybridized carbons (Fsp3) is 0.304. The predicted octanol–water partition coefficient (Wildman–Crippen LogP) is 3.55. The first-order chi connectivity index (χ1) is 15.3. The number of aromatic nitrogens is 3. The van der Waals surface area contributed by atoms with E-state index in [2.05, 4.69) is 21.5 Å². The zero-order chi connectivity index (χ0) is 22.8. The first-order valence-electron chi connectivity index (χ1n) is 10.2. The second kappa shape index (κ2) is 9.10. The molecular weight excluding hydrogens is 430 g/mol. The van der Waals surface area contributed by atoms with Crippen molar-refractivity contribution >= 4 is 34.2 Å². The number of carbonyl (C=O) groups is 1. The molecule has 2 aromatic heterocycles. The molecule has 0 saturated carbocycles. The van der Waals surface area contributed by atoms with E-state index in [-0.39, 0.29) is 11.8 Å². The normalized spacial score (nSPS) is 16.1. The summed E-state index contributed by atoms with van der Waals surface area (Å²) >= 11 is 6.47. The van der Waals surface area contributed by atoms with Gasteiger partial charge in [0.05, 0.1) is 35.1 Å². The first-order valence-corrected chi connectivity index (χ1v) is 10.5. The fourth-order valence-electron chi connectivity index (χ4n) is 3.51. The largest absolute Gasteiger partial charge is 0.439 e. The number of amides is 1. The summed E-state index contributed by atoms with van der Waals surface area (Å²) in [6.45, 7) is 6.89. The summed E-state index contributed by atoms with van der Waals surface area (Å²) in [6, 6.07) is 7.58. The summed E-state index contributed by atoms with van der Waals surface area (Å²) < 4.78 is 11.8. The quantitative estimate of drug-likeness (QED) is 0.546. The van der Waals surface area contributed by atoms with Crippen molar-refractivity contribution in [3.63, 3.8) is 0 Å². The molecule has 9 heteroatoms. The zero-order valence-corrected chi connectivity index (χ0v) is 19.0. The topological polar surface area (TPSA) is 80.7 Å². The van der Waals surface area contributed by atoms with Crippen LogP contribution in [0.3, 0.4) is 0 Å². The summed E-state index contributed by atoms with van der Waals surface area (Å²) in [5, 5.41) is 0.611. The minimum absolute atomic E-state index is 0.0133. The average Bonchev–Trinajstić information content (AvgIpc) is 2.78. The lowest BCUT2D eigenvalue weighted by atomic mass is 10.1. The molecule has 1 fully saturated rings. The van der Waals surface area contributed by atoms with Gasteiger partial charge in [-0.3, -0.25) is 9.78 Å². The highest BCUT2D eigenvalue weighted by atomic mass is 35.5. The monoisotopic (exact) mass is 453 g/mol. The molecule has 1 aliphatic rings. The number of ether oxygens (including phenoxy) is 2. The van der Waals surface area contributed by atoms with Gasteiger partial charge in [0.2, 0.25) is 11.8 Å². The SMILES string of the molecule is C=C(Oc1nc(-c2ccc(N(C)C)c(Cl)c2)cc2nccnc12)C1CN(C(C)=O)CCO1. The lowest BCUT2D eigenvalue weighted by Crippen LogP contribution is -2.45. The smallest absolute Gasteiger partial charge is 0.248 e. The second-order valence-electron chi connectivity index (χ2n) is 7.69. The van der Waals surface area contributed by atoms with Gasteiger partial charge in [0.25, 0.3) is 0 Å². The van der Waals surface area contributed by atoms with Gasteiger partial charge in [0.15, 0.2) is 5.52 Å². The molecule has 32 heavy (non-hydrogen) atoms. The van der Waals surface area contributed by atoms with Gasteiger partial charge in [-0.25, -0.2) is 9.97 Å². The van der Waals surface area contributed by atoms with E-state index in [9.17, 15) is 4.79 Å². The third kappa shape index (κ3) is 4.51. The number of nitrogens with zero attached hydrogens (tertiary/aromatic N) is 5. The van der Waals surface area contributed by atoms with E-state index in [1.165, 1.54) is 6.92 Å². The molecule has 0 aliphatic carbocycles. The Hall–Kier alpha value is -3.23. The van der Waals surface area contributed by atoms with Crippen LogP contribution in [0.15, 0.2) is 49.0 Å². The van der Waals surface area contributed by atoms with Crippen molar-refractivity contribution in [1.82, 2.24) is 19.9 Å². The number of carbonyl (C=O) groups excluding carboxylic acids is 1. The van der Waals surface area contributed by atoms with Gasteiger partial charge in [-0.1, -0.05) is 24.2 Å². The molecule has 3 aromatic rings. The fourth-order valence-corrected chi connectivity index (χ4v) is 3.86. The molecule has 0 radical (unpaired) electrons. The maximum absolute atomic E-state index is 11.8. The zero-order valence-electron chi connectivity index (χ0n) is 18.2.